The summed E-state index contributed by atoms with van der Waals surface area (Å²) in [6.45, 7) is 5.66. The fourth-order valence-electron chi connectivity index (χ4n) is 2.89. The molecule has 0 fully saturated rings. The van der Waals surface area contributed by atoms with Crippen LogP contribution in [0.2, 0.25) is 0 Å². The third-order valence-electron chi connectivity index (χ3n) is 4.55. The molecule has 0 spiro atoms. The van der Waals surface area contributed by atoms with E-state index in [2.05, 4.69) is 48.5 Å². The Balaban J connectivity index is 1.59. The maximum absolute atomic E-state index is 12.4. The molecule has 0 aliphatic carbocycles. The summed E-state index contributed by atoms with van der Waals surface area (Å²) in [5.74, 6) is -0.0417. The van der Waals surface area contributed by atoms with Crippen molar-refractivity contribution in [3.8, 4) is 11.1 Å². The molecule has 3 rings (SSSR count). The second-order valence-corrected chi connectivity index (χ2v) is 6.34. The van der Waals surface area contributed by atoms with Gasteiger partial charge >= 0.3 is 0 Å². The van der Waals surface area contributed by atoms with Crippen molar-refractivity contribution in [2.24, 2.45) is 0 Å². The molecule has 1 aromatic heterocycles. The first-order valence-electron chi connectivity index (χ1n) is 9.18. The lowest BCUT2D eigenvalue weighted by atomic mass is 10.1. The van der Waals surface area contributed by atoms with Crippen LogP contribution in [-0.2, 0) is 19.4 Å². The molecule has 0 radical (unpaired) electrons. The van der Waals surface area contributed by atoms with E-state index in [-0.39, 0.29) is 5.91 Å². The molecular weight excluding hydrogens is 322 g/mol. The first-order valence-corrected chi connectivity index (χ1v) is 9.18. The summed E-state index contributed by atoms with van der Waals surface area (Å²) in [5.41, 5.74) is 5.28. The molecule has 26 heavy (non-hydrogen) atoms. The minimum absolute atomic E-state index is 0.0417. The smallest absolute Gasteiger partial charge is 0.251 e. The van der Waals surface area contributed by atoms with Crippen LogP contribution in [0.25, 0.3) is 11.1 Å². The lowest BCUT2D eigenvalue weighted by molar-refractivity contribution is 0.0954. The van der Waals surface area contributed by atoms with Gasteiger partial charge in [-0.15, -0.1) is 0 Å². The van der Waals surface area contributed by atoms with Gasteiger partial charge in [0.05, 0.1) is 6.20 Å². The molecule has 0 atom stereocenters. The number of nitrogens with one attached hydrogen (secondary N) is 1. The van der Waals surface area contributed by atoms with Crippen LogP contribution in [0, 0.1) is 0 Å². The number of aryl methyl sites for hydroxylation is 2. The van der Waals surface area contributed by atoms with Crippen LogP contribution >= 0.6 is 0 Å². The number of nitrogens with zero attached hydrogens (tertiary/aromatic N) is 2. The second-order valence-electron chi connectivity index (χ2n) is 6.34. The van der Waals surface area contributed by atoms with Gasteiger partial charge in [-0.1, -0.05) is 43.3 Å². The predicted octanol–water partition coefficient (Wildman–Crippen LogP) is 4.10. The van der Waals surface area contributed by atoms with Crippen LogP contribution in [0.5, 0.6) is 0 Å². The molecule has 0 aliphatic rings. The molecule has 1 heterocycles. The quantitative estimate of drug-likeness (QED) is 0.699. The zero-order chi connectivity index (χ0) is 18.4. The minimum atomic E-state index is -0.0417. The van der Waals surface area contributed by atoms with Crippen LogP contribution in [0.4, 0.5) is 0 Å². The maximum Gasteiger partial charge on any atom is 0.251 e. The van der Waals surface area contributed by atoms with Crippen LogP contribution in [0.15, 0.2) is 60.9 Å². The average molecular weight is 347 g/mol. The minimum Gasteiger partial charge on any atom is -0.352 e. The summed E-state index contributed by atoms with van der Waals surface area (Å²) < 4.78 is 1.88. The summed E-state index contributed by atoms with van der Waals surface area (Å²) >= 11 is 0. The van der Waals surface area contributed by atoms with Crippen molar-refractivity contribution in [3.63, 3.8) is 0 Å². The number of amides is 1. The van der Waals surface area contributed by atoms with Crippen molar-refractivity contribution < 1.29 is 4.79 Å². The van der Waals surface area contributed by atoms with Gasteiger partial charge in [0.1, 0.15) is 0 Å². The normalized spacial score (nSPS) is 10.7. The SMILES string of the molecule is CCc1ccc(CCNC(=O)c2cccc(-c3cnn(CC)c3)c2)cc1. The molecular formula is C22H25N3O. The fraction of sp³-hybridized carbons (Fsp3) is 0.273. The summed E-state index contributed by atoms with van der Waals surface area (Å²) in [6.07, 6.45) is 5.71. The van der Waals surface area contributed by atoms with Crippen LogP contribution in [0.3, 0.4) is 0 Å². The lowest BCUT2D eigenvalue weighted by Gasteiger charge is -2.07. The molecule has 1 amide bonds. The average Bonchev–Trinajstić information content (AvgIpc) is 3.18. The van der Waals surface area contributed by atoms with Crippen molar-refractivity contribution in [3.05, 3.63) is 77.6 Å². The molecule has 134 valence electrons. The molecule has 4 nitrogen and oxygen atoms in total. The van der Waals surface area contributed by atoms with E-state index >= 15 is 0 Å². The van der Waals surface area contributed by atoms with Crippen LogP contribution in [0.1, 0.15) is 35.3 Å². The van der Waals surface area contributed by atoms with Crippen molar-refractivity contribution >= 4 is 5.91 Å². The van der Waals surface area contributed by atoms with Crippen molar-refractivity contribution in [1.82, 2.24) is 15.1 Å². The molecule has 1 N–H and O–H groups in total. The Morgan fingerprint density at radius 1 is 1.04 bits per heavy atom. The van der Waals surface area contributed by atoms with Gasteiger partial charge in [0.25, 0.3) is 5.91 Å². The van der Waals surface area contributed by atoms with Gasteiger partial charge < -0.3 is 5.32 Å². The van der Waals surface area contributed by atoms with Gasteiger partial charge in [-0.25, -0.2) is 0 Å². The zero-order valence-corrected chi connectivity index (χ0v) is 15.4. The van der Waals surface area contributed by atoms with Gasteiger partial charge in [-0.05, 0) is 48.6 Å². The molecule has 4 heteroatoms. The molecule has 0 saturated carbocycles. The molecule has 2 aromatic carbocycles. The van der Waals surface area contributed by atoms with E-state index in [1.807, 2.05) is 41.3 Å². The number of hydrogen-bond donors (Lipinski definition) is 1. The zero-order valence-electron chi connectivity index (χ0n) is 15.4. The van der Waals surface area contributed by atoms with Gasteiger partial charge in [0.15, 0.2) is 0 Å². The van der Waals surface area contributed by atoms with Gasteiger partial charge in [0.2, 0.25) is 0 Å². The predicted molar refractivity (Wildman–Crippen MR) is 105 cm³/mol. The number of carbonyl (C=O) groups is 1. The highest BCUT2D eigenvalue weighted by atomic mass is 16.1. The number of carbonyl (C=O) groups excluding carboxylic acids is 1. The topological polar surface area (TPSA) is 46.9 Å². The van der Waals surface area contributed by atoms with E-state index in [9.17, 15) is 4.79 Å². The van der Waals surface area contributed by atoms with Gasteiger partial charge in [0, 0.05) is 30.4 Å². The summed E-state index contributed by atoms with van der Waals surface area (Å²) in [5, 5.41) is 7.31. The Bertz CT molecular complexity index is 865. The standard InChI is InChI=1S/C22H25N3O/c1-3-17-8-10-18(11-9-17)12-13-23-22(26)20-7-5-6-19(14-20)21-15-24-25(4-2)16-21/h5-11,14-16H,3-4,12-13H2,1-2H3,(H,23,26). The lowest BCUT2D eigenvalue weighted by Crippen LogP contribution is -2.25. The van der Waals surface area contributed by atoms with Crippen molar-refractivity contribution in [2.75, 3.05) is 6.54 Å². The van der Waals surface area contributed by atoms with E-state index in [0.717, 1.165) is 30.5 Å². The van der Waals surface area contributed by atoms with E-state index in [0.29, 0.717) is 12.1 Å². The van der Waals surface area contributed by atoms with E-state index in [1.165, 1.54) is 11.1 Å². The largest absolute Gasteiger partial charge is 0.352 e. The first kappa shape index (κ1) is 17.9. The maximum atomic E-state index is 12.4. The fourth-order valence-corrected chi connectivity index (χ4v) is 2.89. The third kappa shape index (κ3) is 4.39. The van der Waals surface area contributed by atoms with Crippen molar-refractivity contribution in [2.45, 2.75) is 33.2 Å². The summed E-state index contributed by atoms with van der Waals surface area (Å²) in [4.78, 5) is 12.4. The van der Waals surface area contributed by atoms with E-state index in [1.54, 1.807) is 0 Å². The van der Waals surface area contributed by atoms with Gasteiger partial charge in [-0.2, -0.15) is 5.10 Å². The number of hydrogen-bond acceptors (Lipinski definition) is 2. The Morgan fingerprint density at radius 3 is 2.50 bits per heavy atom. The number of benzene rings is 2. The van der Waals surface area contributed by atoms with Crippen LogP contribution in [-0.4, -0.2) is 22.2 Å². The highest BCUT2D eigenvalue weighted by molar-refractivity contribution is 5.95. The van der Waals surface area contributed by atoms with E-state index < -0.39 is 0 Å². The molecule has 0 bridgehead atoms. The Labute approximate surface area is 154 Å². The third-order valence-corrected chi connectivity index (χ3v) is 4.55. The van der Waals surface area contributed by atoms with E-state index in [4.69, 9.17) is 0 Å². The molecule has 0 saturated heterocycles. The second kappa shape index (κ2) is 8.48. The monoisotopic (exact) mass is 347 g/mol. The van der Waals surface area contributed by atoms with Crippen LogP contribution < -0.4 is 5.32 Å². The first-order chi connectivity index (χ1) is 12.7. The Hall–Kier alpha value is -2.88. The number of rotatable bonds is 7. The Morgan fingerprint density at radius 2 is 1.81 bits per heavy atom. The van der Waals surface area contributed by atoms with Crippen molar-refractivity contribution in [1.29, 1.82) is 0 Å². The molecule has 0 aliphatic heterocycles. The highest BCUT2D eigenvalue weighted by Crippen LogP contribution is 2.19. The molecule has 0 unspecified atom stereocenters. The molecule has 3 aromatic rings. The number of aromatic nitrogens is 2. The summed E-state index contributed by atoms with van der Waals surface area (Å²) in [6, 6.07) is 16.3. The summed E-state index contributed by atoms with van der Waals surface area (Å²) in [7, 11) is 0. The van der Waals surface area contributed by atoms with Gasteiger partial charge in [-0.3, -0.25) is 9.48 Å². The Kier molecular flexibility index (Phi) is 5.84. The highest BCUT2D eigenvalue weighted by Gasteiger charge is 2.08.